The Morgan fingerprint density at radius 1 is 1.55 bits per heavy atom. The van der Waals surface area contributed by atoms with E-state index in [4.69, 9.17) is 0 Å². The maximum absolute atomic E-state index is 12.4. The van der Waals surface area contributed by atoms with E-state index in [0.717, 1.165) is 16.7 Å². The first-order valence-electron chi connectivity index (χ1n) is 6.39. The summed E-state index contributed by atoms with van der Waals surface area (Å²) in [5.74, 6) is 0.498. The molecule has 1 saturated heterocycles. The maximum atomic E-state index is 12.4. The molecule has 0 aliphatic carbocycles. The van der Waals surface area contributed by atoms with Gasteiger partial charge in [0.25, 0.3) is 0 Å². The standard InChI is InChI=1S/C11H15F3N4O2S2/c1-15-10(17-7-2-3-22(19,20)6-7)16-4-9-18-8(5-21-9)11(12,13)14/h5,7H,2-4,6H2,1H3,(H2,15,16,17). The van der Waals surface area contributed by atoms with Crippen LogP contribution in [0.5, 0.6) is 0 Å². The van der Waals surface area contributed by atoms with Crippen LogP contribution in [-0.2, 0) is 22.6 Å². The molecular weight excluding hydrogens is 341 g/mol. The van der Waals surface area contributed by atoms with E-state index < -0.39 is 21.7 Å². The van der Waals surface area contributed by atoms with Gasteiger partial charge in [-0.15, -0.1) is 11.3 Å². The SMILES string of the molecule is CN=C(NCc1nc(C(F)(F)F)cs1)NC1CCS(=O)(=O)C1. The number of aliphatic imine (C=N–C) groups is 1. The van der Waals surface area contributed by atoms with Gasteiger partial charge >= 0.3 is 6.18 Å². The van der Waals surface area contributed by atoms with Crippen molar-refractivity contribution >= 4 is 27.1 Å². The van der Waals surface area contributed by atoms with Crippen molar-refractivity contribution in [2.24, 2.45) is 4.99 Å². The van der Waals surface area contributed by atoms with Crippen molar-refractivity contribution in [2.75, 3.05) is 18.6 Å². The molecule has 1 fully saturated rings. The maximum Gasteiger partial charge on any atom is 0.434 e. The molecule has 2 rings (SSSR count). The predicted molar refractivity (Wildman–Crippen MR) is 77.5 cm³/mol. The molecule has 22 heavy (non-hydrogen) atoms. The van der Waals surface area contributed by atoms with Gasteiger partial charge in [-0.25, -0.2) is 13.4 Å². The van der Waals surface area contributed by atoms with Gasteiger partial charge in [0.05, 0.1) is 18.1 Å². The second-order valence-electron chi connectivity index (χ2n) is 4.79. The van der Waals surface area contributed by atoms with E-state index in [-0.39, 0.29) is 29.1 Å². The number of halogens is 3. The number of rotatable bonds is 3. The van der Waals surface area contributed by atoms with Crippen molar-refractivity contribution in [1.29, 1.82) is 0 Å². The quantitative estimate of drug-likeness (QED) is 0.624. The first-order chi connectivity index (χ1) is 10.2. The number of sulfone groups is 1. The molecule has 0 aromatic carbocycles. The number of nitrogens with zero attached hydrogens (tertiary/aromatic N) is 2. The van der Waals surface area contributed by atoms with Crippen molar-refractivity contribution in [2.45, 2.75) is 25.2 Å². The molecule has 11 heteroatoms. The number of aromatic nitrogens is 1. The molecule has 0 bridgehead atoms. The van der Waals surface area contributed by atoms with E-state index in [1.807, 2.05) is 0 Å². The molecule has 2 heterocycles. The molecule has 0 saturated carbocycles. The van der Waals surface area contributed by atoms with Crippen LogP contribution in [0, 0.1) is 0 Å². The summed E-state index contributed by atoms with van der Waals surface area (Å²) >= 11 is 0.899. The third-order valence-electron chi connectivity index (χ3n) is 3.05. The van der Waals surface area contributed by atoms with Crippen LogP contribution in [0.4, 0.5) is 13.2 Å². The lowest BCUT2D eigenvalue weighted by atomic mass is 10.3. The van der Waals surface area contributed by atoms with Crippen molar-refractivity contribution in [1.82, 2.24) is 15.6 Å². The van der Waals surface area contributed by atoms with Crippen molar-refractivity contribution in [3.8, 4) is 0 Å². The largest absolute Gasteiger partial charge is 0.434 e. The lowest BCUT2D eigenvalue weighted by Gasteiger charge is -2.15. The molecule has 2 N–H and O–H groups in total. The molecule has 1 aliphatic rings. The summed E-state index contributed by atoms with van der Waals surface area (Å²) in [5, 5.41) is 7.00. The summed E-state index contributed by atoms with van der Waals surface area (Å²) in [6.07, 6.45) is -3.97. The zero-order valence-electron chi connectivity index (χ0n) is 11.6. The van der Waals surface area contributed by atoms with Crippen LogP contribution in [0.3, 0.4) is 0 Å². The van der Waals surface area contributed by atoms with Gasteiger partial charge in [-0.3, -0.25) is 4.99 Å². The summed E-state index contributed by atoms with van der Waals surface area (Å²) in [4.78, 5) is 7.42. The Labute approximate surface area is 129 Å². The van der Waals surface area contributed by atoms with E-state index in [1.165, 1.54) is 7.05 Å². The zero-order valence-corrected chi connectivity index (χ0v) is 13.3. The summed E-state index contributed by atoms with van der Waals surface area (Å²) in [7, 11) is -1.51. The number of thiazole rings is 1. The molecule has 1 aliphatic heterocycles. The van der Waals surface area contributed by atoms with E-state index in [0.29, 0.717) is 12.4 Å². The molecule has 1 unspecified atom stereocenters. The van der Waals surface area contributed by atoms with Crippen LogP contribution >= 0.6 is 11.3 Å². The number of alkyl halides is 3. The van der Waals surface area contributed by atoms with Gasteiger partial charge in [-0.1, -0.05) is 0 Å². The molecule has 0 spiro atoms. The van der Waals surface area contributed by atoms with Gasteiger partial charge in [-0.2, -0.15) is 13.2 Å². The highest BCUT2D eigenvalue weighted by molar-refractivity contribution is 7.91. The molecule has 1 atom stereocenters. The average Bonchev–Trinajstić information content (AvgIpc) is 3.00. The van der Waals surface area contributed by atoms with Gasteiger partial charge in [0.15, 0.2) is 21.5 Å². The lowest BCUT2D eigenvalue weighted by Crippen LogP contribution is -2.43. The summed E-state index contributed by atoms with van der Waals surface area (Å²) in [5.41, 5.74) is -0.917. The number of hydrogen-bond donors (Lipinski definition) is 2. The monoisotopic (exact) mass is 356 g/mol. The Kier molecular flexibility index (Phi) is 4.95. The van der Waals surface area contributed by atoms with Crippen LogP contribution in [0.15, 0.2) is 10.4 Å². The Bertz CT molecular complexity index is 655. The Balaban J connectivity index is 1.88. The molecule has 0 radical (unpaired) electrons. The van der Waals surface area contributed by atoms with Gasteiger partial charge in [0.2, 0.25) is 0 Å². The van der Waals surface area contributed by atoms with Crippen molar-refractivity contribution in [3.63, 3.8) is 0 Å². The van der Waals surface area contributed by atoms with Crippen LogP contribution in [0.1, 0.15) is 17.1 Å². The van der Waals surface area contributed by atoms with E-state index in [1.54, 1.807) is 0 Å². The summed E-state index contributed by atoms with van der Waals surface area (Å²) in [6, 6.07) is -0.238. The smallest absolute Gasteiger partial charge is 0.353 e. The number of nitrogens with one attached hydrogen (secondary N) is 2. The topological polar surface area (TPSA) is 83.4 Å². The first-order valence-corrected chi connectivity index (χ1v) is 9.09. The summed E-state index contributed by atoms with van der Waals surface area (Å²) < 4.78 is 60.1. The molecular formula is C11H15F3N4O2S2. The Morgan fingerprint density at radius 3 is 2.77 bits per heavy atom. The molecule has 1 aromatic rings. The average molecular weight is 356 g/mol. The van der Waals surface area contributed by atoms with E-state index in [2.05, 4.69) is 20.6 Å². The van der Waals surface area contributed by atoms with E-state index >= 15 is 0 Å². The van der Waals surface area contributed by atoms with Gasteiger partial charge in [0.1, 0.15) is 5.01 Å². The molecule has 0 amide bonds. The minimum Gasteiger partial charge on any atom is -0.353 e. The Hall–Kier alpha value is -1.36. The highest BCUT2D eigenvalue weighted by atomic mass is 32.2. The third kappa shape index (κ3) is 4.57. The van der Waals surface area contributed by atoms with Gasteiger partial charge < -0.3 is 10.6 Å². The van der Waals surface area contributed by atoms with Crippen LogP contribution in [0.2, 0.25) is 0 Å². The fourth-order valence-corrected chi connectivity index (χ4v) is 4.39. The minimum atomic E-state index is -4.45. The fraction of sp³-hybridized carbons (Fsp3) is 0.636. The minimum absolute atomic E-state index is 0.0309. The summed E-state index contributed by atoms with van der Waals surface area (Å²) in [6.45, 7) is 0.0832. The normalized spacial score (nSPS) is 21.8. The van der Waals surface area contributed by atoms with E-state index in [9.17, 15) is 21.6 Å². The highest BCUT2D eigenvalue weighted by Crippen LogP contribution is 2.29. The van der Waals surface area contributed by atoms with Crippen molar-refractivity contribution in [3.05, 3.63) is 16.1 Å². The van der Waals surface area contributed by atoms with Crippen LogP contribution in [0.25, 0.3) is 0 Å². The first kappa shape index (κ1) is 17.0. The number of guanidine groups is 1. The Morgan fingerprint density at radius 2 is 2.27 bits per heavy atom. The predicted octanol–water partition coefficient (Wildman–Crippen LogP) is 1.01. The molecule has 124 valence electrons. The van der Waals surface area contributed by atoms with Crippen molar-refractivity contribution < 1.29 is 21.6 Å². The highest BCUT2D eigenvalue weighted by Gasteiger charge is 2.33. The van der Waals surface area contributed by atoms with Gasteiger partial charge in [-0.05, 0) is 6.42 Å². The fourth-order valence-electron chi connectivity index (χ4n) is 1.98. The lowest BCUT2D eigenvalue weighted by molar-refractivity contribution is -0.140. The molecule has 1 aromatic heterocycles. The van der Waals surface area contributed by atoms with Crippen LogP contribution < -0.4 is 10.6 Å². The van der Waals surface area contributed by atoms with Gasteiger partial charge in [0, 0.05) is 18.5 Å². The second-order valence-corrected chi connectivity index (χ2v) is 7.97. The zero-order chi connectivity index (χ0) is 16.4. The second kappa shape index (κ2) is 6.41. The molecule has 6 nitrogen and oxygen atoms in total. The van der Waals surface area contributed by atoms with Crippen LogP contribution in [-0.4, -0.2) is 44.0 Å². The third-order valence-corrected chi connectivity index (χ3v) is 5.66. The number of hydrogen-bond acceptors (Lipinski definition) is 5.